The largest absolute Gasteiger partial charge is 0.463 e. The predicted molar refractivity (Wildman–Crippen MR) is 71.4 cm³/mol. The topological polar surface area (TPSA) is 58.6 Å². The summed E-state index contributed by atoms with van der Waals surface area (Å²) in [4.78, 5) is 25.0. The fraction of sp³-hybridized carbons (Fsp3) is 0.846. The van der Waals surface area contributed by atoms with Gasteiger partial charge in [-0.2, -0.15) is 0 Å². The van der Waals surface area contributed by atoms with Crippen molar-refractivity contribution in [1.29, 1.82) is 0 Å². The van der Waals surface area contributed by atoms with Gasteiger partial charge in [-0.1, -0.05) is 0 Å². The number of nitrogens with one attached hydrogen (secondary N) is 1. The second-order valence-electron chi connectivity index (χ2n) is 5.18. The van der Waals surface area contributed by atoms with Crippen molar-refractivity contribution in [2.75, 3.05) is 6.54 Å². The first-order valence-corrected chi connectivity index (χ1v) is 6.50. The standard InChI is InChI=1S/C13H26N2O3/c1-9(2)14-13(17)15(10(3)4)8-7-12(16)18-11(5)6/h9-11H,7-8H2,1-6H3,(H,14,17). The third-order valence-corrected chi connectivity index (χ3v) is 2.22. The Morgan fingerprint density at radius 2 is 1.67 bits per heavy atom. The first-order valence-electron chi connectivity index (χ1n) is 6.50. The van der Waals surface area contributed by atoms with Crippen LogP contribution in [-0.2, 0) is 9.53 Å². The van der Waals surface area contributed by atoms with E-state index in [0.29, 0.717) is 6.54 Å². The summed E-state index contributed by atoms with van der Waals surface area (Å²) in [5.74, 6) is -0.270. The lowest BCUT2D eigenvalue weighted by Gasteiger charge is -2.27. The van der Waals surface area contributed by atoms with Crippen LogP contribution in [0.3, 0.4) is 0 Å². The molecule has 0 spiro atoms. The first-order chi connectivity index (χ1) is 8.23. The number of carbonyl (C=O) groups is 2. The van der Waals surface area contributed by atoms with Crippen LogP contribution in [0.4, 0.5) is 4.79 Å². The third kappa shape index (κ3) is 7.14. The molecule has 0 aromatic heterocycles. The molecule has 1 N–H and O–H groups in total. The summed E-state index contributed by atoms with van der Waals surface area (Å²) >= 11 is 0. The van der Waals surface area contributed by atoms with Gasteiger partial charge < -0.3 is 15.0 Å². The Morgan fingerprint density at radius 3 is 2.06 bits per heavy atom. The van der Waals surface area contributed by atoms with E-state index in [9.17, 15) is 9.59 Å². The van der Waals surface area contributed by atoms with Gasteiger partial charge in [0.1, 0.15) is 0 Å². The summed E-state index contributed by atoms with van der Waals surface area (Å²) in [7, 11) is 0. The Hall–Kier alpha value is -1.26. The third-order valence-electron chi connectivity index (χ3n) is 2.22. The molecule has 0 aromatic carbocycles. The molecule has 0 aliphatic heterocycles. The van der Waals surface area contributed by atoms with Gasteiger partial charge in [-0.25, -0.2) is 4.79 Å². The molecule has 5 nitrogen and oxygen atoms in total. The number of hydrogen-bond acceptors (Lipinski definition) is 3. The van der Waals surface area contributed by atoms with Crippen LogP contribution in [0.2, 0.25) is 0 Å². The smallest absolute Gasteiger partial charge is 0.317 e. The summed E-state index contributed by atoms with van der Waals surface area (Å²) in [6.45, 7) is 11.7. The fourth-order valence-electron chi connectivity index (χ4n) is 1.46. The van der Waals surface area contributed by atoms with Crippen LogP contribution in [0.15, 0.2) is 0 Å². The highest BCUT2D eigenvalue weighted by atomic mass is 16.5. The fourth-order valence-corrected chi connectivity index (χ4v) is 1.46. The Morgan fingerprint density at radius 1 is 1.11 bits per heavy atom. The molecule has 0 fully saturated rings. The number of urea groups is 1. The Kier molecular flexibility index (Phi) is 7.39. The molecular formula is C13H26N2O3. The zero-order chi connectivity index (χ0) is 14.3. The molecule has 0 saturated carbocycles. The van der Waals surface area contributed by atoms with Crippen molar-refractivity contribution >= 4 is 12.0 Å². The number of carbonyl (C=O) groups excluding carboxylic acids is 2. The number of amides is 2. The maximum Gasteiger partial charge on any atom is 0.317 e. The predicted octanol–water partition coefficient (Wildman–Crippen LogP) is 2.16. The van der Waals surface area contributed by atoms with Crippen molar-refractivity contribution in [3.63, 3.8) is 0 Å². The molecule has 0 bridgehead atoms. The minimum Gasteiger partial charge on any atom is -0.463 e. The summed E-state index contributed by atoms with van der Waals surface area (Å²) in [6, 6.07) is -0.00527. The van der Waals surface area contributed by atoms with E-state index in [1.807, 2.05) is 41.5 Å². The second kappa shape index (κ2) is 7.95. The number of hydrogen-bond donors (Lipinski definition) is 1. The number of ether oxygens (including phenoxy) is 1. The molecule has 0 heterocycles. The molecule has 2 amide bonds. The van der Waals surface area contributed by atoms with Crippen LogP contribution in [-0.4, -0.2) is 41.6 Å². The van der Waals surface area contributed by atoms with Gasteiger partial charge in [-0.15, -0.1) is 0 Å². The summed E-state index contributed by atoms with van der Waals surface area (Å²) in [5.41, 5.74) is 0. The van der Waals surface area contributed by atoms with Gasteiger partial charge in [0, 0.05) is 18.6 Å². The van der Waals surface area contributed by atoms with E-state index >= 15 is 0 Å². The minimum atomic E-state index is -0.270. The summed E-state index contributed by atoms with van der Waals surface area (Å²) in [5, 5.41) is 2.82. The molecule has 0 rings (SSSR count). The van der Waals surface area contributed by atoms with Gasteiger partial charge in [-0.3, -0.25) is 4.79 Å². The van der Waals surface area contributed by atoms with Gasteiger partial charge >= 0.3 is 12.0 Å². The molecule has 0 atom stereocenters. The maximum absolute atomic E-state index is 11.9. The normalized spacial score (nSPS) is 10.9. The average Bonchev–Trinajstić information content (AvgIpc) is 2.14. The van der Waals surface area contributed by atoms with Crippen LogP contribution < -0.4 is 5.32 Å². The van der Waals surface area contributed by atoms with Crippen LogP contribution >= 0.6 is 0 Å². The van der Waals surface area contributed by atoms with E-state index in [4.69, 9.17) is 4.74 Å². The van der Waals surface area contributed by atoms with Crippen LogP contribution in [0.5, 0.6) is 0 Å². The van der Waals surface area contributed by atoms with Crippen molar-refractivity contribution in [2.45, 2.75) is 66.2 Å². The van der Waals surface area contributed by atoms with Gasteiger partial charge in [0.2, 0.25) is 0 Å². The van der Waals surface area contributed by atoms with Crippen molar-refractivity contribution in [1.82, 2.24) is 10.2 Å². The van der Waals surface area contributed by atoms with E-state index < -0.39 is 0 Å². The van der Waals surface area contributed by atoms with E-state index in [1.165, 1.54) is 0 Å². The highest BCUT2D eigenvalue weighted by Gasteiger charge is 2.19. The monoisotopic (exact) mass is 258 g/mol. The molecule has 18 heavy (non-hydrogen) atoms. The molecule has 0 radical (unpaired) electrons. The SMILES string of the molecule is CC(C)NC(=O)N(CCC(=O)OC(C)C)C(C)C. The zero-order valence-electron chi connectivity index (χ0n) is 12.3. The van der Waals surface area contributed by atoms with E-state index in [0.717, 1.165) is 0 Å². The van der Waals surface area contributed by atoms with Crippen molar-refractivity contribution in [2.24, 2.45) is 0 Å². The van der Waals surface area contributed by atoms with Crippen LogP contribution in [0, 0.1) is 0 Å². The zero-order valence-corrected chi connectivity index (χ0v) is 12.3. The second-order valence-corrected chi connectivity index (χ2v) is 5.18. The summed E-state index contributed by atoms with van der Waals surface area (Å²) in [6.07, 6.45) is 0.108. The highest BCUT2D eigenvalue weighted by molar-refractivity contribution is 5.76. The molecular weight excluding hydrogens is 232 g/mol. The van der Waals surface area contributed by atoms with Crippen molar-refractivity contribution < 1.29 is 14.3 Å². The number of rotatable bonds is 6. The Labute approximate surface area is 110 Å². The first kappa shape index (κ1) is 16.7. The van der Waals surface area contributed by atoms with Gasteiger partial charge in [-0.05, 0) is 41.5 Å². The number of nitrogens with zero attached hydrogens (tertiary/aromatic N) is 1. The maximum atomic E-state index is 11.9. The lowest BCUT2D eigenvalue weighted by molar-refractivity contribution is -0.147. The highest BCUT2D eigenvalue weighted by Crippen LogP contribution is 2.03. The molecule has 0 aliphatic carbocycles. The Bertz CT molecular complexity index is 275. The van der Waals surface area contributed by atoms with Crippen LogP contribution in [0.1, 0.15) is 48.0 Å². The van der Waals surface area contributed by atoms with Crippen LogP contribution in [0.25, 0.3) is 0 Å². The van der Waals surface area contributed by atoms with Crippen molar-refractivity contribution in [3.05, 3.63) is 0 Å². The van der Waals surface area contributed by atoms with E-state index in [-0.39, 0.29) is 36.6 Å². The minimum absolute atomic E-state index is 0.0515. The lowest BCUT2D eigenvalue weighted by Crippen LogP contribution is -2.47. The van der Waals surface area contributed by atoms with E-state index in [2.05, 4.69) is 5.32 Å². The number of esters is 1. The molecule has 0 aromatic rings. The van der Waals surface area contributed by atoms with Gasteiger partial charge in [0.05, 0.1) is 12.5 Å². The average molecular weight is 258 g/mol. The van der Waals surface area contributed by atoms with Gasteiger partial charge in [0.25, 0.3) is 0 Å². The Balaban J connectivity index is 4.29. The molecule has 0 saturated heterocycles. The quantitative estimate of drug-likeness (QED) is 0.743. The molecule has 106 valence electrons. The summed E-state index contributed by atoms with van der Waals surface area (Å²) < 4.78 is 5.04. The molecule has 5 heteroatoms. The van der Waals surface area contributed by atoms with E-state index in [1.54, 1.807) is 4.90 Å². The lowest BCUT2D eigenvalue weighted by atomic mass is 10.3. The molecule has 0 aliphatic rings. The molecule has 0 unspecified atom stereocenters. The van der Waals surface area contributed by atoms with Crippen molar-refractivity contribution in [3.8, 4) is 0 Å². The van der Waals surface area contributed by atoms with Gasteiger partial charge in [0.15, 0.2) is 0 Å².